The number of nitrogens with one attached hydrogen (secondary N) is 2. The van der Waals surface area contributed by atoms with E-state index in [1.54, 1.807) is 0 Å². The second-order valence-corrected chi connectivity index (χ2v) is 10.5. The average Bonchev–Trinajstić information content (AvgIpc) is 3.19. The van der Waals surface area contributed by atoms with Gasteiger partial charge in [-0.25, -0.2) is 4.98 Å². The number of amides is 1. The van der Waals surface area contributed by atoms with Crippen LogP contribution in [0.2, 0.25) is 0 Å². The number of rotatable bonds is 15. The SMILES string of the molecule is CCCCCCCCCCCC[N+](C)(C)CCNC(=O)c1cc2c([nH]c3ccccc32)c(C)n1. The minimum Gasteiger partial charge on any atom is -0.353 e. The van der Waals surface area contributed by atoms with Crippen LogP contribution >= 0.6 is 0 Å². The van der Waals surface area contributed by atoms with E-state index in [9.17, 15) is 4.79 Å². The number of aryl methyl sites for hydroxylation is 1. The number of aromatic amines is 1. The van der Waals surface area contributed by atoms with Crippen LogP contribution in [0.5, 0.6) is 0 Å². The summed E-state index contributed by atoms with van der Waals surface area (Å²) in [5.74, 6) is -0.0887. The summed E-state index contributed by atoms with van der Waals surface area (Å²) in [5, 5.41) is 5.29. The molecule has 0 aliphatic rings. The number of fused-ring (bicyclic) bond motifs is 3. The zero-order chi connectivity index (χ0) is 24.4. The summed E-state index contributed by atoms with van der Waals surface area (Å²) in [6.45, 7) is 6.98. The Hall–Kier alpha value is -2.40. The van der Waals surface area contributed by atoms with E-state index in [-0.39, 0.29) is 5.91 Å². The largest absolute Gasteiger partial charge is 0.353 e. The Bertz CT molecular complexity index is 1050. The lowest BCUT2D eigenvalue weighted by molar-refractivity contribution is -0.889. The zero-order valence-electron chi connectivity index (χ0n) is 21.9. The van der Waals surface area contributed by atoms with Crippen molar-refractivity contribution in [1.29, 1.82) is 0 Å². The van der Waals surface area contributed by atoms with E-state index < -0.39 is 0 Å². The number of likely N-dealkylation sites (N-methyl/N-ethyl adjacent to an activating group) is 1. The second kappa shape index (κ2) is 12.9. The smallest absolute Gasteiger partial charge is 0.270 e. The Morgan fingerprint density at radius 2 is 1.56 bits per heavy atom. The van der Waals surface area contributed by atoms with Gasteiger partial charge in [0.2, 0.25) is 0 Å². The fraction of sp³-hybridized carbons (Fsp3) is 0.586. The molecule has 0 saturated heterocycles. The Morgan fingerprint density at radius 1 is 0.912 bits per heavy atom. The van der Waals surface area contributed by atoms with Gasteiger partial charge in [-0.05, 0) is 31.9 Å². The maximum Gasteiger partial charge on any atom is 0.270 e. The number of nitrogens with zero attached hydrogens (tertiary/aromatic N) is 2. The van der Waals surface area contributed by atoms with Crippen LogP contribution in [-0.4, -0.2) is 54.1 Å². The first-order chi connectivity index (χ1) is 16.4. The predicted molar refractivity (Wildman–Crippen MR) is 144 cm³/mol. The van der Waals surface area contributed by atoms with Gasteiger partial charge in [0, 0.05) is 16.3 Å². The molecule has 0 spiro atoms. The number of aromatic nitrogens is 2. The predicted octanol–water partition coefficient (Wildman–Crippen LogP) is 6.75. The third kappa shape index (κ3) is 7.56. The van der Waals surface area contributed by atoms with E-state index in [1.165, 1.54) is 64.2 Å². The molecule has 0 aliphatic carbocycles. The number of carbonyl (C=O) groups is 1. The van der Waals surface area contributed by atoms with Crippen molar-refractivity contribution in [1.82, 2.24) is 15.3 Å². The molecule has 2 aromatic heterocycles. The van der Waals surface area contributed by atoms with Gasteiger partial charge in [-0.1, -0.05) is 76.5 Å². The molecule has 186 valence electrons. The summed E-state index contributed by atoms with van der Waals surface area (Å²) < 4.78 is 0.936. The maximum absolute atomic E-state index is 12.8. The molecule has 0 unspecified atom stereocenters. The quantitative estimate of drug-likeness (QED) is 0.193. The summed E-state index contributed by atoms with van der Waals surface area (Å²) >= 11 is 0. The molecular formula is C29H45N4O+. The molecule has 1 aromatic carbocycles. The number of hydrogen-bond donors (Lipinski definition) is 2. The van der Waals surface area contributed by atoms with Crippen molar-refractivity contribution in [2.45, 2.75) is 78.1 Å². The number of unbranched alkanes of at least 4 members (excludes halogenated alkanes) is 9. The fourth-order valence-corrected chi connectivity index (χ4v) is 4.82. The van der Waals surface area contributed by atoms with Gasteiger partial charge in [-0.3, -0.25) is 4.79 Å². The van der Waals surface area contributed by atoms with Crippen molar-refractivity contribution < 1.29 is 9.28 Å². The normalized spacial score (nSPS) is 12.0. The van der Waals surface area contributed by atoms with E-state index in [4.69, 9.17) is 0 Å². The summed E-state index contributed by atoms with van der Waals surface area (Å²) in [6.07, 6.45) is 13.6. The van der Waals surface area contributed by atoms with Crippen LogP contribution in [0.4, 0.5) is 0 Å². The molecule has 34 heavy (non-hydrogen) atoms. The lowest BCUT2D eigenvalue weighted by atomic mass is 10.1. The van der Waals surface area contributed by atoms with Crippen LogP contribution < -0.4 is 5.32 Å². The van der Waals surface area contributed by atoms with Crippen LogP contribution in [0.25, 0.3) is 21.8 Å². The number of hydrogen-bond acceptors (Lipinski definition) is 2. The Balaban J connectivity index is 1.38. The van der Waals surface area contributed by atoms with Gasteiger partial charge in [-0.15, -0.1) is 0 Å². The van der Waals surface area contributed by atoms with Gasteiger partial charge in [0.05, 0.1) is 44.9 Å². The highest BCUT2D eigenvalue weighted by atomic mass is 16.1. The third-order valence-electron chi connectivity index (χ3n) is 7.03. The maximum atomic E-state index is 12.8. The zero-order valence-corrected chi connectivity index (χ0v) is 21.9. The number of H-pyrrole nitrogens is 1. The fourth-order valence-electron chi connectivity index (χ4n) is 4.82. The molecule has 5 heteroatoms. The monoisotopic (exact) mass is 465 g/mol. The topological polar surface area (TPSA) is 57.8 Å². The highest BCUT2D eigenvalue weighted by Crippen LogP contribution is 2.27. The summed E-state index contributed by atoms with van der Waals surface area (Å²) in [4.78, 5) is 20.8. The van der Waals surface area contributed by atoms with E-state index in [0.29, 0.717) is 12.2 Å². The Morgan fingerprint density at radius 3 is 2.26 bits per heavy atom. The van der Waals surface area contributed by atoms with Crippen molar-refractivity contribution in [2.24, 2.45) is 0 Å². The molecule has 0 bridgehead atoms. The minimum atomic E-state index is -0.0887. The van der Waals surface area contributed by atoms with Gasteiger partial charge in [0.25, 0.3) is 5.91 Å². The molecule has 3 aromatic rings. The van der Waals surface area contributed by atoms with E-state index >= 15 is 0 Å². The third-order valence-corrected chi connectivity index (χ3v) is 7.03. The highest BCUT2D eigenvalue weighted by Gasteiger charge is 2.17. The van der Waals surface area contributed by atoms with Crippen molar-refractivity contribution in [2.75, 3.05) is 33.7 Å². The van der Waals surface area contributed by atoms with E-state index in [2.05, 4.69) is 48.4 Å². The van der Waals surface area contributed by atoms with Gasteiger partial charge < -0.3 is 14.8 Å². The number of benzene rings is 1. The standard InChI is InChI=1S/C29H44N4O/c1-5-6-7-8-9-10-11-12-13-16-20-33(3,4)21-19-30-29(34)27-22-25-24-17-14-15-18-26(24)32-28(25)23(2)31-27/h14-15,17-18,22H,5-13,16,19-21H2,1-4H3,(H-,30,31,32,34)/p+1. The molecule has 2 N–H and O–H groups in total. The second-order valence-electron chi connectivity index (χ2n) is 10.5. The molecule has 0 aliphatic heterocycles. The molecule has 2 heterocycles. The molecule has 0 fully saturated rings. The Kier molecular flexibility index (Phi) is 9.94. The molecule has 3 rings (SSSR count). The highest BCUT2D eigenvalue weighted by molar-refractivity contribution is 6.10. The molecule has 5 nitrogen and oxygen atoms in total. The van der Waals surface area contributed by atoms with Gasteiger partial charge in [0.15, 0.2) is 0 Å². The molecule has 0 saturated carbocycles. The first-order valence-electron chi connectivity index (χ1n) is 13.4. The van der Waals surface area contributed by atoms with Crippen molar-refractivity contribution in [3.8, 4) is 0 Å². The Labute approximate surface area is 205 Å². The lowest BCUT2D eigenvalue weighted by Crippen LogP contribution is -2.46. The van der Waals surface area contributed by atoms with E-state index in [1.807, 2.05) is 25.1 Å². The first-order valence-corrected chi connectivity index (χ1v) is 13.4. The van der Waals surface area contributed by atoms with Crippen molar-refractivity contribution >= 4 is 27.7 Å². The molecule has 0 radical (unpaired) electrons. The van der Waals surface area contributed by atoms with Crippen molar-refractivity contribution in [3.63, 3.8) is 0 Å². The van der Waals surface area contributed by atoms with E-state index in [0.717, 1.165) is 45.1 Å². The number of quaternary nitrogens is 1. The first kappa shape index (κ1) is 26.2. The average molecular weight is 466 g/mol. The van der Waals surface area contributed by atoms with Crippen LogP contribution in [0, 0.1) is 6.92 Å². The van der Waals surface area contributed by atoms with Crippen LogP contribution in [0.15, 0.2) is 30.3 Å². The van der Waals surface area contributed by atoms with Crippen molar-refractivity contribution in [3.05, 3.63) is 41.7 Å². The van der Waals surface area contributed by atoms with Gasteiger partial charge in [0.1, 0.15) is 5.69 Å². The summed E-state index contributed by atoms with van der Waals surface area (Å²) in [6, 6.07) is 10.1. The van der Waals surface area contributed by atoms with Gasteiger partial charge >= 0.3 is 0 Å². The minimum absolute atomic E-state index is 0.0887. The molecular weight excluding hydrogens is 420 g/mol. The summed E-state index contributed by atoms with van der Waals surface area (Å²) in [7, 11) is 4.53. The number of carbonyl (C=O) groups excluding carboxylic acids is 1. The van der Waals surface area contributed by atoms with Gasteiger partial charge in [-0.2, -0.15) is 0 Å². The number of pyridine rings is 1. The van der Waals surface area contributed by atoms with Crippen LogP contribution in [0.3, 0.4) is 0 Å². The van der Waals surface area contributed by atoms with Crippen LogP contribution in [0.1, 0.15) is 87.3 Å². The number of para-hydroxylation sites is 1. The van der Waals surface area contributed by atoms with Crippen LogP contribution in [-0.2, 0) is 0 Å². The molecule has 1 amide bonds. The lowest BCUT2D eigenvalue weighted by Gasteiger charge is -2.30. The summed E-state index contributed by atoms with van der Waals surface area (Å²) in [5.41, 5.74) is 3.43. The molecule has 0 atom stereocenters.